The van der Waals surface area contributed by atoms with Crippen molar-refractivity contribution < 1.29 is 18.0 Å². The maximum Gasteiger partial charge on any atom is 0.416 e. The van der Waals surface area contributed by atoms with Gasteiger partial charge >= 0.3 is 6.18 Å². The van der Waals surface area contributed by atoms with Crippen LogP contribution in [-0.2, 0) is 11.0 Å². The van der Waals surface area contributed by atoms with Gasteiger partial charge in [0.05, 0.1) is 16.3 Å². The quantitative estimate of drug-likeness (QED) is 0.747. The van der Waals surface area contributed by atoms with Crippen molar-refractivity contribution >= 4 is 23.2 Å². The maximum atomic E-state index is 12.6. The predicted molar refractivity (Wildman–Crippen MR) is 80.8 cm³/mol. The Morgan fingerprint density at radius 1 is 1.36 bits per heavy atom. The van der Waals surface area contributed by atoms with E-state index in [0.717, 1.165) is 12.1 Å². The normalized spacial score (nSPS) is 13.1. The Morgan fingerprint density at radius 2 is 2.00 bits per heavy atom. The molecule has 0 saturated heterocycles. The Morgan fingerprint density at radius 3 is 2.45 bits per heavy atom. The molecule has 1 aromatic carbocycles. The van der Waals surface area contributed by atoms with Crippen LogP contribution in [0.5, 0.6) is 0 Å². The molecule has 0 aliphatic heterocycles. The van der Waals surface area contributed by atoms with Gasteiger partial charge in [-0.1, -0.05) is 25.4 Å². The SMILES string of the molecule is CC(C)C(Nc1ccc(C(F)(F)F)cc1Cl)C(=O)NCCN. The zero-order valence-corrected chi connectivity index (χ0v) is 13.1. The van der Waals surface area contributed by atoms with Gasteiger partial charge in [0.25, 0.3) is 0 Å². The summed E-state index contributed by atoms with van der Waals surface area (Å²) in [5, 5.41) is 5.43. The van der Waals surface area contributed by atoms with Gasteiger partial charge in [0.1, 0.15) is 6.04 Å². The average Bonchev–Trinajstić information content (AvgIpc) is 2.41. The van der Waals surface area contributed by atoms with Crippen LogP contribution in [0.3, 0.4) is 0 Å². The number of nitrogens with one attached hydrogen (secondary N) is 2. The summed E-state index contributed by atoms with van der Waals surface area (Å²) in [6, 6.07) is 2.35. The molecular weight excluding hydrogens is 319 g/mol. The summed E-state index contributed by atoms with van der Waals surface area (Å²) >= 11 is 5.88. The monoisotopic (exact) mass is 337 g/mol. The van der Waals surface area contributed by atoms with E-state index < -0.39 is 17.8 Å². The molecule has 1 aromatic rings. The second-order valence-corrected chi connectivity index (χ2v) is 5.55. The first-order chi connectivity index (χ1) is 10.2. The molecule has 124 valence electrons. The molecule has 4 nitrogen and oxygen atoms in total. The third kappa shape index (κ3) is 5.06. The second-order valence-electron chi connectivity index (χ2n) is 5.14. The van der Waals surface area contributed by atoms with E-state index in [1.165, 1.54) is 6.07 Å². The Labute approximate surface area is 132 Å². The van der Waals surface area contributed by atoms with Gasteiger partial charge in [0.15, 0.2) is 0 Å². The van der Waals surface area contributed by atoms with Gasteiger partial charge in [-0.3, -0.25) is 4.79 Å². The van der Waals surface area contributed by atoms with Gasteiger partial charge in [-0.2, -0.15) is 13.2 Å². The minimum atomic E-state index is -4.46. The number of alkyl halides is 3. The molecule has 0 radical (unpaired) electrons. The lowest BCUT2D eigenvalue weighted by molar-refractivity contribution is -0.137. The molecule has 0 aromatic heterocycles. The first kappa shape index (κ1) is 18.6. The third-order valence-electron chi connectivity index (χ3n) is 3.00. The molecule has 0 aliphatic rings. The Kier molecular flexibility index (Phi) is 6.49. The largest absolute Gasteiger partial charge is 0.416 e. The molecule has 1 rings (SSSR count). The molecular formula is C14H19ClF3N3O. The first-order valence-electron chi connectivity index (χ1n) is 6.78. The second kappa shape index (κ2) is 7.69. The molecule has 0 aliphatic carbocycles. The summed E-state index contributed by atoms with van der Waals surface area (Å²) in [6.45, 7) is 4.26. The van der Waals surface area contributed by atoms with Crippen LogP contribution in [0.2, 0.25) is 5.02 Å². The summed E-state index contributed by atoms with van der Waals surface area (Å²) in [5.74, 6) is -0.368. The van der Waals surface area contributed by atoms with Gasteiger partial charge in [0.2, 0.25) is 5.91 Å². The Hall–Kier alpha value is -1.47. The van der Waals surface area contributed by atoms with Gasteiger partial charge < -0.3 is 16.4 Å². The number of amides is 1. The summed E-state index contributed by atoms with van der Waals surface area (Å²) in [6.07, 6.45) is -4.46. The van der Waals surface area contributed by atoms with Crippen molar-refractivity contribution in [1.82, 2.24) is 5.32 Å². The fourth-order valence-corrected chi connectivity index (χ4v) is 2.05. The highest BCUT2D eigenvalue weighted by Crippen LogP contribution is 2.34. The van der Waals surface area contributed by atoms with Crippen LogP contribution in [0.15, 0.2) is 18.2 Å². The van der Waals surface area contributed by atoms with E-state index in [1.54, 1.807) is 0 Å². The number of anilines is 1. The van der Waals surface area contributed by atoms with Crippen LogP contribution in [0, 0.1) is 5.92 Å². The highest BCUT2D eigenvalue weighted by molar-refractivity contribution is 6.33. The molecule has 0 saturated carbocycles. The minimum absolute atomic E-state index is 0.0869. The summed E-state index contributed by atoms with van der Waals surface area (Å²) < 4.78 is 37.8. The smallest absolute Gasteiger partial charge is 0.372 e. The van der Waals surface area contributed by atoms with Crippen LogP contribution in [-0.4, -0.2) is 25.0 Å². The van der Waals surface area contributed by atoms with Crippen molar-refractivity contribution in [3.05, 3.63) is 28.8 Å². The van der Waals surface area contributed by atoms with Crippen molar-refractivity contribution in [2.75, 3.05) is 18.4 Å². The maximum absolute atomic E-state index is 12.6. The van der Waals surface area contributed by atoms with Crippen molar-refractivity contribution in [3.8, 4) is 0 Å². The average molecular weight is 338 g/mol. The summed E-state index contributed by atoms with van der Waals surface area (Å²) in [7, 11) is 0. The van der Waals surface area contributed by atoms with E-state index in [9.17, 15) is 18.0 Å². The summed E-state index contributed by atoms with van der Waals surface area (Å²) in [5.41, 5.74) is 4.76. The minimum Gasteiger partial charge on any atom is -0.372 e. The van der Waals surface area contributed by atoms with Crippen LogP contribution < -0.4 is 16.4 Å². The van der Waals surface area contributed by atoms with Crippen LogP contribution >= 0.6 is 11.6 Å². The van der Waals surface area contributed by atoms with Crippen molar-refractivity contribution in [2.24, 2.45) is 11.7 Å². The zero-order chi connectivity index (χ0) is 16.9. The zero-order valence-electron chi connectivity index (χ0n) is 12.3. The lowest BCUT2D eigenvalue weighted by Gasteiger charge is -2.23. The molecule has 0 bridgehead atoms. The number of rotatable bonds is 6. The number of hydrogen-bond acceptors (Lipinski definition) is 3. The van der Waals surface area contributed by atoms with Crippen LogP contribution in [0.1, 0.15) is 19.4 Å². The number of nitrogens with two attached hydrogens (primary N) is 1. The standard InChI is InChI=1S/C14H19ClF3N3O/c1-8(2)12(13(22)20-6-5-19)21-11-4-3-9(7-10(11)15)14(16,17)18/h3-4,7-8,12,21H,5-6,19H2,1-2H3,(H,20,22). The lowest BCUT2D eigenvalue weighted by Crippen LogP contribution is -2.44. The molecule has 22 heavy (non-hydrogen) atoms. The lowest BCUT2D eigenvalue weighted by atomic mass is 10.0. The fourth-order valence-electron chi connectivity index (χ4n) is 1.82. The highest BCUT2D eigenvalue weighted by atomic mass is 35.5. The van der Waals surface area contributed by atoms with Gasteiger partial charge in [-0.15, -0.1) is 0 Å². The van der Waals surface area contributed by atoms with E-state index in [-0.39, 0.29) is 22.5 Å². The topological polar surface area (TPSA) is 67.2 Å². The molecule has 8 heteroatoms. The van der Waals surface area contributed by atoms with E-state index in [2.05, 4.69) is 10.6 Å². The molecule has 1 atom stereocenters. The summed E-state index contributed by atoms with van der Waals surface area (Å²) in [4.78, 5) is 12.0. The number of hydrogen-bond donors (Lipinski definition) is 3. The van der Waals surface area contributed by atoms with Crippen molar-refractivity contribution in [3.63, 3.8) is 0 Å². The number of carbonyl (C=O) groups excluding carboxylic acids is 1. The van der Waals surface area contributed by atoms with Crippen LogP contribution in [0.4, 0.5) is 18.9 Å². The number of carbonyl (C=O) groups is 1. The molecule has 0 spiro atoms. The Bertz CT molecular complexity index is 521. The first-order valence-corrected chi connectivity index (χ1v) is 7.15. The molecule has 1 amide bonds. The predicted octanol–water partition coefficient (Wildman–Crippen LogP) is 2.87. The van der Waals surface area contributed by atoms with Gasteiger partial charge in [0, 0.05) is 13.1 Å². The highest BCUT2D eigenvalue weighted by Gasteiger charge is 2.31. The molecule has 0 heterocycles. The van der Waals surface area contributed by atoms with Crippen LogP contribution in [0.25, 0.3) is 0 Å². The third-order valence-corrected chi connectivity index (χ3v) is 3.31. The van der Waals surface area contributed by atoms with Gasteiger partial charge in [-0.25, -0.2) is 0 Å². The van der Waals surface area contributed by atoms with E-state index in [4.69, 9.17) is 17.3 Å². The van der Waals surface area contributed by atoms with E-state index in [0.29, 0.717) is 13.1 Å². The van der Waals surface area contributed by atoms with Gasteiger partial charge in [-0.05, 0) is 24.1 Å². The van der Waals surface area contributed by atoms with Crippen molar-refractivity contribution in [1.29, 1.82) is 0 Å². The number of benzene rings is 1. The fraction of sp³-hybridized carbons (Fsp3) is 0.500. The number of halogens is 4. The van der Waals surface area contributed by atoms with Crippen molar-refractivity contribution in [2.45, 2.75) is 26.1 Å². The molecule has 0 fully saturated rings. The van der Waals surface area contributed by atoms with E-state index >= 15 is 0 Å². The molecule has 1 unspecified atom stereocenters. The Balaban J connectivity index is 2.93. The molecule has 4 N–H and O–H groups in total. The van der Waals surface area contributed by atoms with E-state index in [1.807, 2.05) is 13.8 Å².